The summed E-state index contributed by atoms with van der Waals surface area (Å²) in [6.07, 6.45) is 5.76. The second kappa shape index (κ2) is 8.28. The van der Waals surface area contributed by atoms with Gasteiger partial charge < -0.3 is 15.2 Å². The molecule has 8 nitrogen and oxygen atoms in total. The molecule has 4 rings (SSSR count). The van der Waals surface area contributed by atoms with E-state index in [0.29, 0.717) is 23.6 Å². The van der Waals surface area contributed by atoms with Gasteiger partial charge in [-0.15, -0.1) is 5.10 Å². The van der Waals surface area contributed by atoms with E-state index in [-0.39, 0.29) is 11.2 Å². The normalized spacial score (nSPS) is 17.8. The van der Waals surface area contributed by atoms with Gasteiger partial charge in [0.25, 0.3) is 11.5 Å². The molecule has 9 heteroatoms. The van der Waals surface area contributed by atoms with Crippen LogP contribution < -0.4 is 10.9 Å². The first kappa shape index (κ1) is 19.5. The van der Waals surface area contributed by atoms with Crippen molar-refractivity contribution in [2.45, 2.75) is 45.1 Å². The van der Waals surface area contributed by atoms with Gasteiger partial charge in [-0.05, 0) is 50.4 Å². The predicted octanol–water partition coefficient (Wildman–Crippen LogP) is 2.09. The highest BCUT2D eigenvalue weighted by molar-refractivity contribution is 5.99. The van der Waals surface area contributed by atoms with Crippen LogP contribution in [0.5, 0.6) is 0 Å². The minimum atomic E-state index is -0.530. The second-order valence-corrected chi connectivity index (χ2v) is 7.52. The number of H-pyrrole nitrogens is 1. The molecule has 154 valence electrons. The van der Waals surface area contributed by atoms with Gasteiger partial charge in [-0.25, -0.2) is 8.91 Å². The predicted molar refractivity (Wildman–Crippen MR) is 108 cm³/mol. The first-order chi connectivity index (χ1) is 14.1. The lowest BCUT2D eigenvalue weighted by Crippen LogP contribution is -2.40. The number of benzene rings is 1. The number of hydrogen-bond acceptors (Lipinski definition) is 5. The topological polar surface area (TPSA) is 95.4 Å². The highest BCUT2D eigenvalue weighted by Gasteiger charge is 2.21. The van der Waals surface area contributed by atoms with Crippen molar-refractivity contribution in [3.05, 3.63) is 40.1 Å². The number of halogens is 1. The first-order valence-corrected chi connectivity index (χ1v) is 10.2. The lowest BCUT2D eigenvalue weighted by atomic mass is 10.00. The zero-order chi connectivity index (χ0) is 20.4. The molecule has 3 aromatic rings. The van der Waals surface area contributed by atoms with E-state index in [1.807, 2.05) is 0 Å². The summed E-state index contributed by atoms with van der Waals surface area (Å²) in [6, 6.07) is 4.61. The van der Waals surface area contributed by atoms with Crippen LogP contribution in [-0.2, 0) is 0 Å². The maximum Gasteiger partial charge on any atom is 0.277 e. The van der Waals surface area contributed by atoms with Crippen LogP contribution in [0.3, 0.4) is 0 Å². The molecule has 0 aliphatic carbocycles. The molecular weight excluding hydrogens is 375 g/mol. The number of amides is 1. The Morgan fingerprint density at radius 3 is 3.07 bits per heavy atom. The Morgan fingerprint density at radius 1 is 1.38 bits per heavy atom. The van der Waals surface area contributed by atoms with Gasteiger partial charge in [0.05, 0.1) is 11.0 Å². The number of carbonyl (C=O) groups excluding carboxylic acids is 1. The maximum absolute atomic E-state index is 13.4. The maximum atomic E-state index is 13.4. The lowest BCUT2D eigenvalue weighted by Gasteiger charge is -2.35. The van der Waals surface area contributed by atoms with E-state index in [0.717, 1.165) is 25.9 Å². The number of likely N-dealkylation sites (tertiary alicyclic amines) is 1. The number of fused-ring (bicyclic) bond motifs is 3. The fraction of sp³-hybridized carbons (Fsp3) is 0.500. The Morgan fingerprint density at radius 2 is 2.24 bits per heavy atom. The fourth-order valence-electron chi connectivity index (χ4n) is 4.17. The smallest absolute Gasteiger partial charge is 0.277 e. The Hall–Kier alpha value is -2.81. The number of nitrogens with zero attached hydrogens (tertiary/aromatic N) is 4. The number of hydrogen-bond donors (Lipinski definition) is 2. The molecule has 2 N–H and O–H groups in total. The van der Waals surface area contributed by atoms with Gasteiger partial charge in [-0.3, -0.25) is 9.59 Å². The van der Waals surface area contributed by atoms with Gasteiger partial charge in [0.2, 0.25) is 0 Å². The molecule has 1 unspecified atom stereocenters. The molecule has 0 saturated carbocycles. The van der Waals surface area contributed by atoms with Gasteiger partial charge in [-0.2, -0.15) is 0 Å². The van der Waals surface area contributed by atoms with Gasteiger partial charge in [-0.1, -0.05) is 18.6 Å². The molecule has 1 aromatic carbocycles. The van der Waals surface area contributed by atoms with Crippen LogP contribution in [0.4, 0.5) is 4.39 Å². The molecule has 1 atom stereocenters. The van der Waals surface area contributed by atoms with Crippen molar-refractivity contribution in [2.24, 2.45) is 0 Å². The molecule has 1 aliphatic heterocycles. The largest absolute Gasteiger partial charge is 0.351 e. The highest BCUT2D eigenvalue weighted by atomic mass is 19.1. The van der Waals surface area contributed by atoms with Crippen molar-refractivity contribution in [1.29, 1.82) is 0 Å². The first-order valence-electron chi connectivity index (χ1n) is 10.2. The van der Waals surface area contributed by atoms with Crippen LogP contribution in [0.1, 0.15) is 49.5 Å². The molecule has 2 aromatic heterocycles. The molecule has 1 fully saturated rings. The number of aromatic amines is 1. The van der Waals surface area contributed by atoms with E-state index in [4.69, 9.17) is 0 Å². The number of rotatable bonds is 6. The zero-order valence-electron chi connectivity index (χ0n) is 16.4. The summed E-state index contributed by atoms with van der Waals surface area (Å²) in [7, 11) is 0. The number of aromatic nitrogens is 4. The Balaban J connectivity index is 1.45. The van der Waals surface area contributed by atoms with E-state index < -0.39 is 17.3 Å². The average Bonchev–Trinajstić information content (AvgIpc) is 3.17. The molecule has 29 heavy (non-hydrogen) atoms. The summed E-state index contributed by atoms with van der Waals surface area (Å²) >= 11 is 0. The summed E-state index contributed by atoms with van der Waals surface area (Å²) in [5, 5.41) is 10.7. The minimum absolute atomic E-state index is 0.0260. The van der Waals surface area contributed by atoms with E-state index in [2.05, 4.69) is 32.4 Å². The molecule has 3 heterocycles. The van der Waals surface area contributed by atoms with Gasteiger partial charge in [0, 0.05) is 19.1 Å². The SMILES string of the molecule is CCC1CCCCN1CCCNC(=O)c1nnn2c1c(=O)[nH]c1cc(F)ccc12. The third kappa shape index (κ3) is 3.87. The van der Waals surface area contributed by atoms with Gasteiger partial charge >= 0.3 is 0 Å². The summed E-state index contributed by atoms with van der Waals surface area (Å²) in [5.74, 6) is -0.901. The Kier molecular flexibility index (Phi) is 5.57. The van der Waals surface area contributed by atoms with Gasteiger partial charge in [0.1, 0.15) is 5.82 Å². The molecule has 1 amide bonds. The quantitative estimate of drug-likeness (QED) is 0.618. The van der Waals surface area contributed by atoms with Crippen LogP contribution in [0.25, 0.3) is 16.6 Å². The van der Waals surface area contributed by atoms with E-state index in [1.165, 1.54) is 42.0 Å². The summed E-state index contributed by atoms with van der Waals surface area (Å²) < 4.78 is 14.7. The highest BCUT2D eigenvalue weighted by Crippen LogP contribution is 2.19. The van der Waals surface area contributed by atoms with Crippen molar-refractivity contribution in [2.75, 3.05) is 19.6 Å². The van der Waals surface area contributed by atoms with Crippen LogP contribution in [0, 0.1) is 5.82 Å². The number of piperidine rings is 1. The van der Waals surface area contributed by atoms with E-state index in [1.54, 1.807) is 0 Å². The van der Waals surface area contributed by atoms with Crippen LogP contribution in [0.15, 0.2) is 23.0 Å². The van der Waals surface area contributed by atoms with Crippen molar-refractivity contribution in [3.8, 4) is 0 Å². The fourth-order valence-corrected chi connectivity index (χ4v) is 4.17. The van der Waals surface area contributed by atoms with Crippen molar-refractivity contribution in [3.63, 3.8) is 0 Å². The Bertz CT molecular complexity index is 1090. The minimum Gasteiger partial charge on any atom is -0.351 e. The standard InChI is InChI=1S/C20H25FN6O2/c1-2-14-6-3-4-10-26(14)11-5-9-22-19(28)17-18-20(29)23-15-12-13(21)7-8-16(15)27(18)25-24-17/h7-8,12,14H,2-6,9-11H2,1H3,(H,22,28)(H,23,29). The van der Waals surface area contributed by atoms with Crippen LogP contribution >= 0.6 is 0 Å². The van der Waals surface area contributed by atoms with Crippen molar-refractivity contribution < 1.29 is 9.18 Å². The molecule has 0 radical (unpaired) electrons. The molecular formula is C20H25FN6O2. The molecule has 0 spiro atoms. The molecule has 1 saturated heterocycles. The van der Waals surface area contributed by atoms with E-state index >= 15 is 0 Å². The molecule has 0 bridgehead atoms. The van der Waals surface area contributed by atoms with Crippen LogP contribution in [0.2, 0.25) is 0 Å². The zero-order valence-corrected chi connectivity index (χ0v) is 16.4. The summed E-state index contributed by atoms with van der Waals surface area (Å²) in [6.45, 7) is 4.78. The van der Waals surface area contributed by atoms with E-state index in [9.17, 15) is 14.0 Å². The average molecular weight is 400 g/mol. The lowest BCUT2D eigenvalue weighted by molar-refractivity contribution is 0.0944. The monoisotopic (exact) mass is 400 g/mol. The third-order valence-electron chi connectivity index (χ3n) is 5.66. The summed E-state index contributed by atoms with van der Waals surface area (Å²) in [4.78, 5) is 30.1. The van der Waals surface area contributed by atoms with Crippen molar-refractivity contribution in [1.82, 2.24) is 30.0 Å². The molecule has 1 aliphatic rings. The summed E-state index contributed by atoms with van der Waals surface area (Å²) in [5.41, 5.74) is 0.276. The number of carbonyl (C=O) groups is 1. The second-order valence-electron chi connectivity index (χ2n) is 7.52. The third-order valence-corrected chi connectivity index (χ3v) is 5.66. The number of nitrogens with one attached hydrogen (secondary N) is 2. The van der Waals surface area contributed by atoms with Gasteiger partial charge in [0.15, 0.2) is 11.2 Å². The van der Waals surface area contributed by atoms with Crippen molar-refractivity contribution >= 4 is 22.5 Å². The Labute approximate surface area is 167 Å². The van der Waals surface area contributed by atoms with Crippen LogP contribution in [-0.4, -0.2) is 56.3 Å².